The van der Waals surface area contributed by atoms with E-state index in [1.165, 1.54) is 0 Å². The average molecular weight is 301 g/mol. The Morgan fingerprint density at radius 3 is 2.00 bits per heavy atom. The standard InChI is InChI=1S/C16H15NO3S/c18-14(16(20)21)13(11-7-3-1-4-8-11)17-15(19)12-9-5-2-6-10-12/h1-10,13-14,18H,(H,17,19)(H,20,21)/t13-,14-/m0/s1. The molecule has 108 valence electrons. The van der Waals surface area contributed by atoms with Crippen LogP contribution >= 0.6 is 12.6 Å². The van der Waals surface area contributed by atoms with E-state index in [0.717, 1.165) is 0 Å². The summed E-state index contributed by atoms with van der Waals surface area (Å²) >= 11 is 3.65. The van der Waals surface area contributed by atoms with Gasteiger partial charge < -0.3 is 10.4 Å². The highest BCUT2D eigenvalue weighted by Crippen LogP contribution is 2.19. The minimum absolute atomic E-state index is 0.363. The van der Waals surface area contributed by atoms with Gasteiger partial charge in [-0.25, -0.2) is 0 Å². The lowest BCUT2D eigenvalue weighted by Crippen LogP contribution is -2.39. The van der Waals surface area contributed by atoms with Crippen LogP contribution in [0.3, 0.4) is 0 Å². The summed E-state index contributed by atoms with van der Waals surface area (Å²) < 4.78 is 0. The van der Waals surface area contributed by atoms with Crippen molar-refractivity contribution in [3.8, 4) is 0 Å². The maximum atomic E-state index is 12.2. The molecule has 2 rings (SSSR count). The van der Waals surface area contributed by atoms with Crippen LogP contribution in [0.25, 0.3) is 0 Å². The van der Waals surface area contributed by atoms with Crippen molar-refractivity contribution < 1.29 is 14.7 Å². The highest BCUT2D eigenvalue weighted by Gasteiger charge is 2.27. The van der Waals surface area contributed by atoms with E-state index in [-0.39, 0.29) is 5.91 Å². The zero-order valence-corrected chi connectivity index (χ0v) is 12.0. The molecule has 0 spiro atoms. The molecule has 5 heteroatoms. The normalized spacial score (nSPS) is 13.2. The van der Waals surface area contributed by atoms with Gasteiger partial charge in [-0.1, -0.05) is 48.5 Å². The van der Waals surface area contributed by atoms with Gasteiger partial charge in [0.2, 0.25) is 5.12 Å². The summed E-state index contributed by atoms with van der Waals surface area (Å²) in [4.78, 5) is 23.5. The van der Waals surface area contributed by atoms with Crippen LogP contribution in [0, 0.1) is 0 Å². The third-order valence-electron chi connectivity index (χ3n) is 3.05. The number of rotatable bonds is 5. The molecule has 0 radical (unpaired) electrons. The van der Waals surface area contributed by atoms with Gasteiger partial charge >= 0.3 is 0 Å². The first kappa shape index (κ1) is 15.3. The quantitative estimate of drug-likeness (QED) is 0.740. The number of hydrogen-bond acceptors (Lipinski definition) is 3. The van der Waals surface area contributed by atoms with Gasteiger partial charge in [-0.15, -0.1) is 12.6 Å². The number of nitrogens with one attached hydrogen (secondary N) is 1. The summed E-state index contributed by atoms with van der Waals surface area (Å²) in [6.45, 7) is 0. The van der Waals surface area contributed by atoms with E-state index in [0.29, 0.717) is 11.1 Å². The number of amides is 1. The number of hydrogen-bond donors (Lipinski definition) is 3. The number of aliphatic hydroxyl groups excluding tert-OH is 1. The molecule has 2 N–H and O–H groups in total. The van der Waals surface area contributed by atoms with Crippen molar-refractivity contribution in [1.82, 2.24) is 5.32 Å². The SMILES string of the molecule is O=C(N[C@@H](c1ccccc1)[C@H](O)C(=O)S)c1ccccc1. The molecule has 0 fully saturated rings. The van der Waals surface area contributed by atoms with Crippen LogP contribution in [0.15, 0.2) is 60.7 Å². The molecule has 0 aliphatic rings. The van der Waals surface area contributed by atoms with E-state index in [4.69, 9.17) is 0 Å². The lowest BCUT2D eigenvalue weighted by atomic mass is 10.0. The second-order valence-corrected chi connectivity index (χ2v) is 4.95. The van der Waals surface area contributed by atoms with Crippen molar-refractivity contribution in [1.29, 1.82) is 0 Å². The highest BCUT2D eigenvalue weighted by atomic mass is 32.1. The van der Waals surface area contributed by atoms with Crippen LogP contribution in [-0.4, -0.2) is 22.2 Å². The second-order valence-electron chi connectivity index (χ2n) is 4.51. The summed E-state index contributed by atoms with van der Waals surface area (Å²) in [6.07, 6.45) is -1.41. The largest absolute Gasteiger partial charge is 0.382 e. The van der Waals surface area contributed by atoms with Crippen molar-refractivity contribution >= 4 is 23.7 Å². The predicted molar refractivity (Wildman–Crippen MR) is 83.1 cm³/mol. The maximum Gasteiger partial charge on any atom is 0.251 e. The van der Waals surface area contributed by atoms with E-state index in [1.54, 1.807) is 54.6 Å². The molecular formula is C16H15NO3S. The number of thiol groups is 1. The monoisotopic (exact) mass is 301 g/mol. The molecule has 1 amide bonds. The minimum Gasteiger partial charge on any atom is -0.382 e. The number of benzene rings is 2. The third kappa shape index (κ3) is 3.93. The molecule has 4 nitrogen and oxygen atoms in total. The summed E-state index contributed by atoms with van der Waals surface area (Å²) in [7, 11) is 0. The van der Waals surface area contributed by atoms with Crippen LogP contribution in [-0.2, 0) is 4.79 Å². The molecule has 0 aliphatic carbocycles. The average Bonchev–Trinajstić information content (AvgIpc) is 2.53. The fourth-order valence-electron chi connectivity index (χ4n) is 1.96. The lowest BCUT2D eigenvalue weighted by Gasteiger charge is -2.22. The van der Waals surface area contributed by atoms with Crippen LogP contribution in [0.5, 0.6) is 0 Å². The maximum absolute atomic E-state index is 12.2. The molecule has 0 aromatic heterocycles. The molecule has 0 saturated carbocycles. The summed E-state index contributed by atoms with van der Waals surface area (Å²) in [6, 6.07) is 16.6. The van der Waals surface area contributed by atoms with E-state index < -0.39 is 17.3 Å². The second kappa shape index (κ2) is 7.06. The van der Waals surface area contributed by atoms with Crippen LogP contribution in [0.4, 0.5) is 0 Å². The number of carbonyl (C=O) groups excluding carboxylic acids is 2. The molecular weight excluding hydrogens is 286 g/mol. The van der Waals surface area contributed by atoms with Gasteiger partial charge in [-0.05, 0) is 17.7 Å². The summed E-state index contributed by atoms with van der Waals surface area (Å²) in [5.41, 5.74) is 1.09. The molecule has 0 bridgehead atoms. The van der Waals surface area contributed by atoms with Gasteiger partial charge in [0.25, 0.3) is 5.91 Å². The highest BCUT2D eigenvalue weighted by molar-refractivity contribution is 7.96. The van der Waals surface area contributed by atoms with E-state index >= 15 is 0 Å². The topological polar surface area (TPSA) is 66.4 Å². The fourth-order valence-corrected chi connectivity index (χ4v) is 2.11. The van der Waals surface area contributed by atoms with Crippen molar-refractivity contribution in [3.63, 3.8) is 0 Å². The predicted octanol–water partition coefficient (Wildman–Crippen LogP) is 1.97. The van der Waals surface area contributed by atoms with Crippen molar-refractivity contribution in [2.45, 2.75) is 12.1 Å². The zero-order valence-electron chi connectivity index (χ0n) is 11.1. The first-order valence-electron chi connectivity index (χ1n) is 6.41. The Morgan fingerprint density at radius 2 is 1.48 bits per heavy atom. The first-order chi connectivity index (χ1) is 10.1. The number of carbonyl (C=O) groups is 2. The molecule has 21 heavy (non-hydrogen) atoms. The van der Waals surface area contributed by atoms with Gasteiger partial charge in [0.15, 0.2) is 0 Å². The Balaban J connectivity index is 2.25. The van der Waals surface area contributed by atoms with Crippen molar-refractivity contribution in [2.24, 2.45) is 0 Å². The summed E-state index contributed by atoms with van der Waals surface area (Å²) in [5.74, 6) is -0.363. The molecule has 0 aliphatic heterocycles. The molecule has 0 saturated heterocycles. The van der Waals surface area contributed by atoms with Gasteiger partial charge in [0.05, 0.1) is 6.04 Å². The number of aliphatic hydroxyl groups is 1. The Bertz CT molecular complexity index is 616. The van der Waals surface area contributed by atoms with Crippen LogP contribution < -0.4 is 5.32 Å². The minimum atomic E-state index is -1.41. The molecule has 2 aromatic rings. The molecule has 0 unspecified atom stereocenters. The van der Waals surface area contributed by atoms with Crippen LogP contribution in [0.2, 0.25) is 0 Å². The van der Waals surface area contributed by atoms with E-state index in [1.807, 2.05) is 6.07 Å². The smallest absolute Gasteiger partial charge is 0.251 e. The third-order valence-corrected chi connectivity index (χ3v) is 3.31. The Morgan fingerprint density at radius 1 is 0.952 bits per heavy atom. The molecule has 0 heterocycles. The van der Waals surface area contributed by atoms with E-state index in [9.17, 15) is 14.7 Å². The van der Waals surface area contributed by atoms with Crippen molar-refractivity contribution in [3.05, 3.63) is 71.8 Å². The van der Waals surface area contributed by atoms with E-state index in [2.05, 4.69) is 17.9 Å². The fraction of sp³-hybridized carbons (Fsp3) is 0.125. The van der Waals surface area contributed by atoms with Gasteiger partial charge in [-0.2, -0.15) is 0 Å². The zero-order chi connectivity index (χ0) is 15.2. The Kier molecular flexibility index (Phi) is 5.14. The van der Waals surface area contributed by atoms with Gasteiger partial charge in [0, 0.05) is 5.56 Å². The van der Waals surface area contributed by atoms with Crippen LogP contribution in [0.1, 0.15) is 22.0 Å². The Labute approximate surface area is 128 Å². The summed E-state index contributed by atoms with van der Waals surface area (Å²) in [5, 5.41) is 12.0. The van der Waals surface area contributed by atoms with Crippen molar-refractivity contribution in [2.75, 3.05) is 0 Å². The first-order valence-corrected chi connectivity index (χ1v) is 6.86. The lowest BCUT2D eigenvalue weighted by molar-refractivity contribution is -0.119. The van der Waals surface area contributed by atoms with Gasteiger partial charge in [0.1, 0.15) is 6.10 Å². The van der Waals surface area contributed by atoms with Gasteiger partial charge in [-0.3, -0.25) is 9.59 Å². The molecule has 2 atom stereocenters. The molecule has 2 aromatic carbocycles. The Hall–Kier alpha value is -2.11.